The molecule has 0 aliphatic heterocycles. The zero-order valence-electron chi connectivity index (χ0n) is 17.3. The molecule has 0 radical (unpaired) electrons. The van der Waals surface area contributed by atoms with Crippen LogP contribution >= 0.6 is 11.6 Å². The number of nitrogens with one attached hydrogen (secondary N) is 1. The van der Waals surface area contributed by atoms with Gasteiger partial charge in [-0.15, -0.1) is 0 Å². The van der Waals surface area contributed by atoms with Gasteiger partial charge in [0.25, 0.3) is 0 Å². The molecule has 2 heterocycles. The van der Waals surface area contributed by atoms with Crippen LogP contribution in [-0.4, -0.2) is 32.3 Å². The first-order valence-electron chi connectivity index (χ1n) is 10.0. The first-order valence-corrected chi connectivity index (χ1v) is 10.4. The predicted octanol–water partition coefficient (Wildman–Crippen LogP) is 5.48. The molecule has 5 nitrogen and oxygen atoms in total. The van der Waals surface area contributed by atoms with Crippen molar-refractivity contribution in [1.29, 1.82) is 0 Å². The molecule has 0 amide bonds. The Hall–Kier alpha value is -2.89. The molecule has 0 aliphatic carbocycles. The van der Waals surface area contributed by atoms with Crippen LogP contribution in [0.1, 0.15) is 19.4 Å². The number of benzene rings is 2. The molecular weight excluding hydrogens is 396 g/mol. The number of rotatable bonds is 6. The Morgan fingerprint density at radius 1 is 1.10 bits per heavy atom. The van der Waals surface area contributed by atoms with E-state index in [4.69, 9.17) is 11.6 Å². The van der Waals surface area contributed by atoms with Crippen LogP contribution in [0.3, 0.4) is 0 Å². The number of aryl methyl sites for hydroxylation is 1. The molecule has 6 heteroatoms. The number of aliphatic hydroxyl groups excluding tert-OH is 1. The standard InChI is InChI=1S/C24H25ClN4O/c1-15(2)21(13-30)28-23-22-19(17-7-5-4-6-8-17)12-29(24(22)27-14-26-23)18-10-9-16(3)20(25)11-18/h4-12,14-15,21,30H,13H2,1-3H3,(H,26,27,28)/t21-/m0/s1. The van der Waals surface area contributed by atoms with Gasteiger partial charge in [-0.05, 0) is 36.1 Å². The van der Waals surface area contributed by atoms with Crippen LogP contribution in [0.5, 0.6) is 0 Å². The van der Waals surface area contributed by atoms with Gasteiger partial charge in [0.15, 0.2) is 5.65 Å². The van der Waals surface area contributed by atoms with Crippen molar-refractivity contribution in [1.82, 2.24) is 14.5 Å². The molecule has 0 bridgehead atoms. The van der Waals surface area contributed by atoms with Crippen LogP contribution in [0.4, 0.5) is 5.82 Å². The van der Waals surface area contributed by atoms with Crippen LogP contribution < -0.4 is 5.32 Å². The van der Waals surface area contributed by atoms with Crippen LogP contribution in [-0.2, 0) is 0 Å². The van der Waals surface area contributed by atoms with E-state index in [-0.39, 0.29) is 18.6 Å². The van der Waals surface area contributed by atoms with Crippen molar-refractivity contribution in [2.75, 3.05) is 11.9 Å². The van der Waals surface area contributed by atoms with Crippen molar-refractivity contribution in [2.24, 2.45) is 5.92 Å². The average Bonchev–Trinajstić information content (AvgIpc) is 3.15. The monoisotopic (exact) mass is 420 g/mol. The van der Waals surface area contributed by atoms with Crippen LogP contribution in [0.2, 0.25) is 5.02 Å². The summed E-state index contributed by atoms with van der Waals surface area (Å²) in [4.78, 5) is 9.13. The lowest BCUT2D eigenvalue weighted by Gasteiger charge is -2.21. The summed E-state index contributed by atoms with van der Waals surface area (Å²) in [6, 6.07) is 16.1. The fourth-order valence-corrected chi connectivity index (χ4v) is 3.71. The number of hydrogen-bond acceptors (Lipinski definition) is 4. The van der Waals surface area contributed by atoms with Gasteiger partial charge in [0.1, 0.15) is 12.1 Å². The van der Waals surface area contributed by atoms with E-state index in [0.717, 1.165) is 33.4 Å². The first kappa shape index (κ1) is 20.4. The summed E-state index contributed by atoms with van der Waals surface area (Å²) in [5.41, 5.74) is 4.84. The fourth-order valence-electron chi connectivity index (χ4n) is 3.53. The van der Waals surface area contributed by atoms with Crippen LogP contribution in [0, 0.1) is 12.8 Å². The minimum absolute atomic E-state index is 0.0259. The molecule has 30 heavy (non-hydrogen) atoms. The number of halogens is 1. The zero-order chi connectivity index (χ0) is 21.3. The summed E-state index contributed by atoms with van der Waals surface area (Å²) in [6.45, 7) is 6.16. The van der Waals surface area contributed by atoms with E-state index in [1.165, 1.54) is 0 Å². The van der Waals surface area contributed by atoms with Crippen LogP contribution in [0.25, 0.3) is 27.8 Å². The van der Waals surface area contributed by atoms with E-state index in [1.54, 1.807) is 6.33 Å². The minimum Gasteiger partial charge on any atom is -0.394 e. The van der Waals surface area contributed by atoms with Gasteiger partial charge < -0.3 is 15.0 Å². The van der Waals surface area contributed by atoms with E-state index in [1.807, 2.05) is 47.9 Å². The lowest BCUT2D eigenvalue weighted by molar-refractivity contribution is 0.249. The van der Waals surface area contributed by atoms with Crippen molar-refractivity contribution in [3.63, 3.8) is 0 Å². The second-order valence-corrected chi connectivity index (χ2v) is 8.22. The molecule has 4 rings (SSSR count). The molecule has 0 saturated carbocycles. The van der Waals surface area contributed by atoms with Crippen molar-refractivity contribution < 1.29 is 5.11 Å². The Kier molecular flexibility index (Phi) is 5.75. The van der Waals surface area contributed by atoms with E-state index < -0.39 is 0 Å². The summed E-state index contributed by atoms with van der Waals surface area (Å²) < 4.78 is 2.04. The molecule has 2 aromatic heterocycles. The van der Waals surface area contributed by atoms with Crippen molar-refractivity contribution in [3.05, 3.63) is 71.6 Å². The maximum Gasteiger partial charge on any atom is 0.150 e. The highest BCUT2D eigenvalue weighted by Gasteiger charge is 2.20. The summed E-state index contributed by atoms with van der Waals surface area (Å²) >= 11 is 6.41. The van der Waals surface area contributed by atoms with Gasteiger partial charge in [0.2, 0.25) is 0 Å². The third-order valence-electron chi connectivity index (χ3n) is 5.42. The molecule has 4 aromatic rings. The van der Waals surface area contributed by atoms with Gasteiger partial charge in [-0.25, -0.2) is 9.97 Å². The highest BCUT2D eigenvalue weighted by molar-refractivity contribution is 6.31. The number of aromatic nitrogens is 3. The molecule has 154 valence electrons. The van der Waals surface area contributed by atoms with Gasteiger partial charge in [-0.3, -0.25) is 0 Å². The van der Waals surface area contributed by atoms with E-state index in [0.29, 0.717) is 10.8 Å². The minimum atomic E-state index is -0.108. The van der Waals surface area contributed by atoms with Gasteiger partial charge in [0.05, 0.1) is 18.0 Å². The summed E-state index contributed by atoms with van der Waals surface area (Å²) in [5, 5.41) is 14.9. The maximum atomic E-state index is 9.83. The maximum absolute atomic E-state index is 9.83. The smallest absolute Gasteiger partial charge is 0.150 e. The Morgan fingerprint density at radius 2 is 1.87 bits per heavy atom. The molecule has 1 atom stereocenters. The molecule has 0 unspecified atom stereocenters. The number of hydrogen-bond donors (Lipinski definition) is 2. The average molecular weight is 421 g/mol. The molecule has 2 aromatic carbocycles. The highest BCUT2D eigenvalue weighted by Crippen LogP contribution is 2.36. The molecule has 2 N–H and O–H groups in total. The largest absolute Gasteiger partial charge is 0.394 e. The molecule has 0 fully saturated rings. The third-order valence-corrected chi connectivity index (χ3v) is 5.83. The van der Waals surface area contributed by atoms with E-state index >= 15 is 0 Å². The summed E-state index contributed by atoms with van der Waals surface area (Å²) in [5.74, 6) is 0.960. The van der Waals surface area contributed by atoms with E-state index in [9.17, 15) is 5.11 Å². The second-order valence-electron chi connectivity index (χ2n) is 7.81. The summed E-state index contributed by atoms with van der Waals surface area (Å²) in [6.07, 6.45) is 3.63. The second kappa shape index (κ2) is 8.46. The van der Waals surface area contributed by atoms with Crippen molar-refractivity contribution in [2.45, 2.75) is 26.8 Å². The Bertz CT molecular complexity index is 1170. The van der Waals surface area contributed by atoms with Crippen molar-refractivity contribution >= 4 is 28.5 Å². The van der Waals surface area contributed by atoms with Crippen molar-refractivity contribution in [3.8, 4) is 16.8 Å². The number of nitrogens with zero attached hydrogens (tertiary/aromatic N) is 3. The zero-order valence-corrected chi connectivity index (χ0v) is 18.1. The Morgan fingerprint density at radius 3 is 2.53 bits per heavy atom. The SMILES string of the molecule is Cc1ccc(-n2cc(-c3ccccc3)c3c(N[C@@H](CO)C(C)C)ncnc32)cc1Cl. The predicted molar refractivity (Wildman–Crippen MR) is 123 cm³/mol. The van der Waals surface area contributed by atoms with E-state index in [2.05, 4.69) is 47.5 Å². The van der Waals surface area contributed by atoms with Gasteiger partial charge >= 0.3 is 0 Å². The first-order chi connectivity index (χ1) is 14.5. The molecular formula is C24H25ClN4O. The Labute approximate surface area is 181 Å². The normalized spacial score (nSPS) is 12.5. The number of fused-ring (bicyclic) bond motifs is 1. The highest BCUT2D eigenvalue weighted by atomic mass is 35.5. The van der Waals surface area contributed by atoms with Crippen LogP contribution in [0.15, 0.2) is 61.1 Å². The summed E-state index contributed by atoms with van der Waals surface area (Å²) in [7, 11) is 0. The molecule has 0 aliphatic rings. The fraction of sp³-hybridized carbons (Fsp3) is 0.250. The molecule has 0 saturated heterocycles. The molecule has 0 spiro atoms. The number of aliphatic hydroxyl groups is 1. The van der Waals surface area contributed by atoms with Gasteiger partial charge in [0, 0.05) is 22.5 Å². The lowest BCUT2D eigenvalue weighted by Crippen LogP contribution is -2.30. The third kappa shape index (κ3) is 3.78. The topological polar surface area (TPSA) is 63.0 Å². The lowest BCUT2D eigenvalue weighted by atomic mass is 10.0. The number of anilines is 1. The van der Waals surface area contributed by atoms with Gasteiger partial charge in [-0.1, -0.05) is 61.8 Å². The Balaban J connectivity index is 1.96. The quantitative estimate of drug-likeness (QED) is 0.433. The van der Waals surface area contributed by atoms with Gasteiger partial charge in [-0.2, -0.15) is 0 Å².